The molecule has 0 aliphatic heterocycles. The maximum absolute atomic E-state index is 12.0. The maximum atomic E-state index is 12.0. The molecule has 1 amide bonds. The SMILES string of the molecule is CC(NC(=O)c1cccc(/C=C\CCCS(=O)(=O)N(C)C)c1)C(=O)O. The van der Waals surface area contributed by atoms with Crippen LogP contribution in [-0.4, -0.2) is 55.6 Å². The fraction of sp³-hybridized carbons (Fsp3) is 0.412. The van der Waals surface area contributed by atoms with Crippen LogP contribution in [0.3, 0.4) is 0 Å². The minimum atomic E-state index is -3.18. The summed E-state index contributed by atoms with van der Waals surface area (Å²) in [6.07, 6.45) is 4.76. The van der Waals surface area contributed by atoms with Gasteiger partial charge in [-0.3, -0.25) is 9.59 Å². The molecule has 1 aromatic rings. The van der Waals surface area contributed by atoms with Crippen molar-refractivity contribution in [2.45, 2.75) is 25.8 Å². The van der Waals surface area contributed by atoms with Gasteiger partial charge < -0.3 is 10.4 Å². The fourth-order valence-electron chi connectivity index (χ4n) is 1.91. The molecule has 8 heteroatoms. The van der Waals surface area contributed by atoms with E-state index in [0.717, 1.165) is 5.56 Å². The average Bonchev–Trinajstić information content (AvgIpc) is 2.54. The molecule has 1 atom stereocenters. The highest BCUT2D eigenvalue weighted by Crippen LogP contribution is 2.09. The molecule has 25 heavy (non-hydrogen) atoms. The Morgan fingerprint density at radius 2 is 2.00 bits per heavy atom. The number of carbonyl (C=O) groups excluding carboxylic acids is 1. The average molecular weight is 368 g/mol. The zero-order chi connectivity index (χ0) is 19.0. The summed E-state index contributed by atoms with van der Waals surface area (Å²) in [4.78, 5) is 22.8. The summed E-state index contributed by atoms with van der Waals surface area (Å²) in [6.45, 7) is 1.39. The van der Waals surface area contributed by atoms with Gasteiger partial charge in [-0.25, -0.2) is 12.7 Å². The molecule has 1 unspecified atom stereocenters. The van der Waals surface area contributed by atoms with Crippen LogP contribution < -0.4 is 5.32 Å². The van der Waals surface area contributed by atoms with E-state index in [0.29, 0.717) is 18.4 Å². The van der Waals surface area contributed by atoms with Crippen molar-refractivity contribution in [3.8, 4) is 0 Å². The van der Waals surface area contributed by atoms with Crippen LogP contribution in [0.1, 0.15) is 35.7 Å². The Balaban J connectivity index is 2.60. The first kappa shape index (κ1) is 20.9. The lowest BCUT2D eigenvalue weighted by Crippen LogP contribution is -2.38. The molecular weight excluding hydrogens is 344 g/mol. The third-order valence-corrected chi connectivity index (χ3v) is 5.42. The number of carboxylic acid groups (broad SMARTS) is 1. The number of carbonyl (C=O) groups is 2. The zero-order valence-electron chi connectivity index (χ0n) is 14.6. The maximum Gasteiger partial charge on any atom is 0.325 e. The molecule has 0 spiro atoms. The topological polar surface area (TPSA) is 104 Å². The molecule has 0 aromatic heterocycles. The standard InChI is InChI=1S/C17H24N2O5S/c1-13(17(21)22)18-16(20)15-10-7-9-14(12-15)8-5-4-6-11-25(23,24)19(2)3/h5,7-10,12-13H,4,6,11H2,1-3H3,(H,18,20)(H,21,22)/b8-5-. The van der Waals surface area contributed by atoms with Crippen LogP contribution in [0.5, 0.6) is 0 Å². The number of amides is 1. The molecule has 1 rings (SSSR count). The number of nitrogens with zero attached hydrogens (tertiary/aromatic N) is 1. The van der Waals surface area contributed by atoms with E-state index in [4.69, 9.17) is 5.11 Å². The molecule has 0 aliphatic carbocycles. The zero-order valence-corrected chi connectivity index (χ0v) is 15.4. The van der Waals surface area contributed by atoms with Crippen LogP contribution in [-0.2, 0) is 14.8 Å². The predicted octanol–water partition coefficient (Wildman–Crippen LogP) is 1.57. The molecule has 0 fully saturated rings. The summed E-state index contributed by atoms with van der Waals surface area (Å²) < 4.78 is 24.5. The van der Waals surface area contributed by atoms with Gasteiger partial charge in [0.15, 0.2) is 0 Å². The molecule has 0 bridgehead atoms. The van der Waals surface area contributed by atoms with Gasteiger partial charge in [-0.1, -0.05) is 24.3 Å². The van der Waals surface area contributed by atoms with Crippen LogP contribution in [0.4, 0.5) is 0 Å². The van der Waals surface area contributed by atoms with E-state index >= 15 is 0 Å². The Labute approximate surface area is 148 Å². The summed E-state index contributed by atoms with van der Waals surface area (Å²) in [5, 5.41) is 11.2. The lowest BCUT2D eigenvalue weighted by molar-refractivity contribution is -0.138. The predicted molar refractivity (Wildman–Crippen MR) is 96.7 cm³/mol. The van der Waals surface area contributed by atoms with Crippen LogP contribution in [0.2, 0.25) is 0 Å². The molecule has 2 N–H and O–H groups in total. The van der Waals surface area contributed by atoms with Gasteiger partial charge in [0.25, 0.3) is 5.91 Å². The second-order valence-corrected chi connectivity index (χ2v) is 8.10. The second kappa shape index (κ2) is 9.33. The summed E-state index contributed by atoms with van der Waals surface area (Å²) in [5.74, 6) is -1.47. The van der Waals surface area contributed by atoms with Crippen LogP contribution in [0.25, 0.3) is 6.08 Å². The number of nitrogens with one attached hydrogen (secondary N) is 1. The summed E-state index contributed by atoms with van der Waals surface area (Å²) in [6, 6.07) is 5.80. The minimum absolute atomic E-state index is 0.0832. The van der Waals surface area contributed by atoms with Gasteiger partial charge in [-0.15, -0.1) is 0 Å². The fourth-order valence-corrected chi connectivity index (χ4v) is 2.81. The number of rotatable bonds is 9. The number of aliphatic carboxylic acids is 1. The summed E-state index contributed by atoms with van der Waals surface area (Å²) >= 11 is 0. The molecule has 1 aromatic carbocycles. The first-order valence-electron chi connectivity index (χ1n) is 7.84. The molecule has 0 saturated heterocycles. The lowest BCUT2D eigenvalue weighted by atomic mass is 10.1. The number of carboxylic acids is 1. The van der Waals surface area contributed by atoms with Gasteiger partial charge in [0.2, 0.25) is 10.0 Å². The highest BCUT2D eigenvalue weighted by molar-refractivity contribution is 7.89. The summed E-state index contributed by atoms with van der Waals surface area (Å²) in [7, 11) is -0.168. The largest absolute Gasteiger partial charge is 0.480 e. The minimum Gasteiger partial charge on any atom is -0.480 e. The quantitative estimate of drug-likeness (QED) is 0.644. The van der Waals surface area contributed by atoms with Gasteiger partial charge >= 0.3 is 5.97 Å². The van der Waals surface area contributed by atoms with Crippen LogP contribution >= 0.6 is 0 Å². The van der Waals surface area contributed by atoms with Crippen molar-refractivity contribution >= 4 is 28.0 Å². The van der Waals surface area contributed by atoms with Crippen LogP contribution in [0.15, 0.2) is 30.3 Å². The monoisotopic (exact) mass is 368 g/mol. The van der Waals surface area contributed by atoms with Crippen molar-refractivity contribution in [2.75, 3.05) is 19.8 Å². The highest BCUT2D eigenvalue weighted by Gasteiger charge is 2.15. The van der Waals surface area contributed by atoms with Crippen molar-refractivity contribution in [3.05, 3.63) is 41.5 Å². The van der Waals surface area contributed by atoms with Crippen molar-refractivity contribution < 1.29 is 23.1 Å². The van der Waals surface area contributed by atoms with Gasteiger partial charge in [-0.05, 0) is 37.5 Å². The second-order valence-electron chi connectivity index (χ2n) is 5.80. The number of benzene rings is 1. The molecule has 0 aliphatic rings. The van der Waals surface area contributed by atoms with Crippen molar-refractivity contribution in [1.82, 2.24) is 9.62 Å². The van der Waals surface area contributed by atoms with Crippen molar-refractivity contribution in [2.24, 2.45) is 0 Å². The third-order valence-electron chi connectivity index (χ3n) is 3.51. The number of hydrogen-bond acceptors (Lipinski definition) is 4. The molecule has 0 saturated carbocycles. The first-order valence-corrected chi connectivity index (χ1v) is 9.45. The molecule has 138 valence electrons. The number of unbranched alkanes of at least 4 members (excludes halogenated alkanes) is 1. The number of allylic oxidation sites excluding steroid dienone is 1. The van der Waals surface area contributed by atoms with Gasteiger partial charge in [0.1, 0.15) is 6.04 Å². The Hall–Kier alpha value is -2.19. The van der Waals surface area contributed by atoms with E-state index in [2.05, 4.69) is 5.32 Å². The first-order chi connectivity index (χ1) is 11.6. The Morgan fingerprint density at radius 3 is 2.60 bits per heavy atom. The summed E-state index contributed by atoms with van der Waals surface area (Å²) in [5.41, 5.74) is 1.15. The molecule has 0 heterocycles. The number of hydrogen-bond donors (Lipinski definition) is 2. The molecule has 0 radical (unpaired) electrons. The Morgan fingerprint density at radius 1 is 1.32 bits per heavy atom. The lowest BCUT2D eigenvalue weighted by Gasteiger charge is -2.10. The normalized spacial score (nSPS) is 13.1. The van der Waals surface area contributed by atoms with Gasteiger partial charge in [0.05, 0.1) is 5.75 Å². The number of sulfonamides is 1. The van der Waals surface area contributed by atoms with Gasteiger partial charge in [-0.2, -0.15) is 0 Å². The Kier molecular flexibility index (Phi) is 7.79. The Bertz CT molecular complexity index is 741. The van der Waals surface area contributed by atoms with E-state index in [9.17, 15) is 18.0 Å². The van der Waals surface area contributed by atoms with Crippen molar-refractivity contribution in [1.29, 1.82) is 0 Å². The van der Waals surface area contributed by atoms with Crippen LogP contribution in [0, 0.1) is 0 Å². The van der Waals surface area contributed by atoms with Gasteiger partial charge in [0, 0.05) is 19.7 Å². The molecular formula is C17H24N2O5S. The van der Waals surface area contributed by atoms with Crippen molar-refractivity contribution in [3.63, 3.8) is 0 Å². The third kappa shape index (κ3) is 7.06. The van der Waals surface area contributed by atoms with E-state index in [-0.39, 0.29) is 5.75 Å². The smallest absolute Gasteiger partial charge is 0.325 e. The van der Waals surface area contributed by atoms with E-state index < -0.39 is 27.9 Å². The van der Waals surface area contributed by atoms with E-state index in [1.165, 1.54) is 25.3 Å². The van der Waals surface area contributed by atoms with E-state index in [1.807, 2.05) is 12.1 Å². The highest BCUT2D eigenvalue weighted by atomic mass is 32.2. The molecule has 7 nitrogen and oxygen atoms in total. The van der Waals surface area contributed by atoms with E-state index in [1.54, 1.807) is 24.3 Å².